The van der Waals surface area contributed by atoms with E-state index >= 15 is 0 Å². The molecule has 7 nitrogen and oxygen atoms in total. The molecule has 3 aromatic carbocycles. The van der Waals surface area contributed by atoms with Gasteiger partial charge in [0.15, 0.2) is 0 Å². The van der Waals surface area contributed by atoms with E-state index in [4.69, 9.17) is 11.6 Å². The van der Waals surface area contributed by atoms with Crippen LogP contribution in [0.3, 0.4) is 0 Å². The number of amides is 2. The van der Waals surface area contributed by atoms with Gasteiger partial charge < -0.3 is 10.2 Å². The van der Waals surface area contributed by atoms with E-state index in [1.807, 2.05) is 0 Å². The van der Waals surface area contributed by atoms with Crippen LogP contribution in [0.4, 0.5) is 10.1 Å². The average Bonchev–Trinajstić information content (AvgIpc) is 2.86. The fraction of sp³-hybridized carbons (Fsp3) is 0.259. The second-order valence-corrected chi connectivity index (χ2v) is 11.1. The van der Waals surface area contributed by atoms with Gasteiger partial charge in [-0.25, -0.2) is 12.8 Å². The number of rotatable bonds is 10. The molecule has 1 atom stereocenters. The van der Waals surface area contributed by atoms with Gasteiger partial charge in [0.05, 0.1) is 10.6 Å². The average molecular weight is 546 g/mol. The van der Waals surface area contributed by atoms with Crippen LogP contribution in [0.1, 0.15) is 26.3 Å². The highest BCUT2D eigenvalue weighted by Crippen LogP contribution is 2.25. The van der Waals surface area contributed by atoms with Gasteiger partial charge in [0.25, 0.3) is 10.0 Å². The predicted octanol–water partition coefficient (Wildman–Crippen LogP) is 4.62. The van der Waals surface area contributed by atoms with Crippen LogP contribution in [0.25, 0.3) is 0 Å². The Balaban J connectivity index is 1.99. The molecule has 196 valence electrons. The van der Waals surface area contributed by atoms with Crippen LogP contribution in [0, 0.1) is 5.82 Å². The van der Waals surface area contributed by atoms with Crippen LogP contribution < -0.4 is 9.62 Å². The molecule has 0 saturated heterocycles. The summed E-state index contributed by atoms with van der Waals surface area (Å²) < 4.78 is 41.7. The Hall–Kier alpha value is -3.43. The van der Waals surface area contributed by atoms with Crippen molar-refractivity contribution in [1.82, 2.24) is 10.2 Å². The fourth-order valence-electron chi connectivity index (χ4n) is 3.63. The molecular weight excluding hydrogens is 517 g/mol. The standard InChI is InChI=1S/C27H29ClFN3O4S/c1-19(2)30-27(34)20(3)31(17-21-9-13-23(29)14-10-21)26(33)18-32(24-7-5-4-6-8-24)37(35,36)25-15-11-22(28)12-16-25/h4-16,19-20H,17-18H2,1-3H3,(H,30,34). The molecule has 0 fully saturated rings. The van der Waals surface area contributed by atoms with Crippen molar-refractivity contribution in [3.63, 3.8) is 0 Å². The third-order valence-corrected chi connectivity index (χ3v) is 7.63. The van der Waals surface area contributed by atoms with E-state index in [9.17, 15) is 22.4 Å². The number of para-hydroxylation sites is 1. The second kappa shape index (κ2) is 12.2. The summed E-state index contributed by atoms with van der Waals surface area (Å²) in [6.07, 6.45) is 0. The number of sulfonamides is 1. The Morgan fingerprint density at radius 1 is 0.919 bits per heavy atom. The molecule has 0 aliphatic rings. The quantitative estimate of drug-likeness (QED) is 0.403. The largest absolute Gasteiger partial charge is 0.352 e. The number of nitrogens with one attached hydrogen (secondary N) is 1. The molecule has 2 amide bonds. The van der Waals surface area contributed by atoms with Gasteiger partial charge in [-0.2, -0.15) is 0 Å². The number of hydrogen-bond acceptors (Lipinski definition) is 4. The zero-order chi connectivity index (χ0) is 27.2. The highest BCUT2D eigenvalue weighted by atomic mass is 35.5. The van der Waals surface area contributed by atoms with Gasteiger partial charge >= 0.3 is 0 Å². The van der Waals surface area contributed by atoms with Gasteiger partial charge in [-0.3, -0.25) is 13.9 Å². The molecule has 37 heavy (non-hydrogen) atoms. The summed E-state index contributed by atoms with van der Waals surface area (Å²) in [6, 6.07) is 18.4. The van der Waals surface area contributed by atoms with Crippen molar-refractivity contribution in [2.45, 2.75) is 44.3 Å². The van der Waals surface area contributed by atoms with Crippen molar-refractivity contribution in [2.75, 3.05) is 10.8 Å². The summed E-state index contributed by atoms with van der Waals surface area (Å²) in [6.45, 7) is 4.59. The molecule has 0 aliphatic heterocycles. The zero-order valence-corrected chi connectivity index (χ0v) is 22.3. The lowest BCUT2D eigenvalue weighted by Crippen LogP contribution is -2.52. The SMILES string of the molecule is CC(C)NC(=O)C(C)N(Cc1ccc(F)cc1)C(=O)CN(c1ccccc1)S(=O)(=O)c1ccc(Cl)cc1. The highest BCUT2D eigenvalue weighted by molar-refractivity contribution is 7.92. The molecule has 3 rings (SSSR count). The highest BCUT2D eigenvalue weighted by Gasteiger charge is 2.32. The minimum atomic E-state index is -4.17. The van der Waals surface area contributed by atoms with Gasteiger partial charge in [-0.15, -0.1) is 0 Å². The topological polar surface area (TPSA) is 86.8 Å². The number of hydrogen-bond donors (Lipinski definition) is 1. The number of carbonyl (C=O) groups excluding carboxylic acids is 2. The van der Waals surface area contributed by atoms with Crippen molar-refractivity contribution < 1.29 is 22.4 Å². The van der Waals surface area contributed by atoms with Crippen LogP contribution in [0.2, 0.25) is 5.02 Å². The fourth-order valence-corrected chi connectivity index (χ4v) is 5.17. The lowest BCUT2D eigenvalue weighted by atomic mass is 10.1. The Morgan fingerprint density at radius 3 is 2.08 bits per heavy atom. The number of anilines is 1. The number of carbonyl (C=O) groups is 2. The van der Waals surface area contributed by atoms with E-state index in [0.29, 0.717) is 10.6 Å². The summed E-state index contributed by atoms with van der Waals surface area (Å²) in [5.41, 5.74) is 0.873. The van der Waals surface area contributed by atoms with Gasteiger partial charge in [-0.05, 0) is 74.9 Å². The maximum atomic E-state index is 13.7. The second-order valence-electron chi connectivity index (χ2n) is 8.79. The van der Waals surface area contributed by atoms with Gasteiger partial charge in [-0.1, -0.05) is 41.9 Å². The molecule has 3 aromatic rings. The van der Waals surface area contributed by atoms with Gasteiger partial charge in [0.2, 0.25) is 11.8 Å². The Labute approximate surface area is 221 Å². The third-order valence-electron chi connectivity index (χ3n) is 5.59. The van der Waals surface area contributed by atoms with Crippen molar-refractivity contribution in [2.24, 2.45) is 0 Å². The van der Waals surface area contributed by atoms with E-state index in [0.717, 1.165) is 4.31 Å². The van der Waals surface area contributed by atoms with E-state index in [1.54, 1.807) is 51.1 Å². The van der Waals surface area contributed by atoms with E-state index in [-0.39, 0.29) is 23.2 Å². The molecule has 0 radical (unpaired) electrons. The molecule has 0 heterocycles. The lowest BCUT2D eigenvalue weighted by Gasteiger charge is -2.32. The molecular formula is C27H29ClFN3O4S. The molecule has 1 N–H and O–H groups in total. The van der Waals surface area contributed by atoms with Crippen LogP contribution in [0.5, 0.6) is 0 Å². The van der Waals surface area contributed by atoms with Crippen LogP contribution in [-0.2, 0) is 26.2 Å². The van der Waals surface area contributed by atoms with Crippen molar-refractivity contribution in [3.8, 4) is 0 Å². The van der Waals surface area contributed by atoms with E-state index < -0.39 is 40.2 Å². The van der Waals surface area contributed by atoms with E-state index in [2.05, 4.69) is 5.32 Å². The summed E-state index contributed by atoms with van der Waals surface area (Å²) in [5, 5.41) is 3.15. The minimum absolute atomic E-state index is 0.0184. The Kier molecular flexibility index (Phi) is 9.29. The number of benzene rings is 3. The monoisotopic (exact) mass is 545 g/mol. The predicted molar refractivity (Wildman–Crippen MR) is 142 cm³/mol. The smallest absolute Gasteiger partial charge is 0.264 e. The normalized spacial score (nSPS) is 12.2. The minimum Gasteiger partial charge on any atom is -0.352 e. The Bertz CT molecular complexity index is 1320. The molecule has 0 saturated carbocycles. The van der Waals surface area contributed by atoms with E-state index in [1.165, 1.54) is 53.4 Å². The molecule has 0 spiro atoms. The lowest BCUT2D eigenvalue weighted by molar-refractivity contribution is -0.139. The molecule has 0 aromatic heterocycles. The number of nitrogens with zero attached hydrogens (tertiary/aromatic N) is 2. The zero-order valence-electron chi connectivity index (χ0n) is 20.8. The first-order valence-electron chi connectivity index (χ1n) is 11.7. The number of halogens is 2. The van der Waals surface area contributed by atoms with Gasteiger partial charge in [0, 0.05) is 17.6 Å². The molecule has 1 unspecified atom stereocenters. The van der Waals surface area contributed by atoms with Crippen molar-refractivity contribution >= 4 is 39.1 Å². The molecule has 0 bridgehead atoms. The van der Waals surface area contributed by atoms with Crippen molar-refractivity contribution in [3.05, 3.63) is 95.3 Å². The summed E-state index contributed by atoms with van der Waals surface area (Å²) >= 11 is 5.94. The maximum Gasteiger partial charge on any atom is 0.264 e. The van der Waals surface area contributed by atoms with Crippen LogP contribution in [0.15, 0.2) is 83.8 Å². The van der Waals surface area contributed by atoms with Gasteiger partial charge in [0.1, 0.15) is 18.4 Å². The summed E-state index contributed by atoms with van der Waals surface area (Å²) in [5.74, 6) is -1.43. The third kappa shape index (κ3) is 7.30. The summed E-state index contributed by atoms with van der Waals surface area (Å²) in [4.78, 5) is 27.8. The first-order chi connectivity index (χ1) is 17.5. The first-order valence-corrected chi connectivity index (χ1v) is 13.5. The van der Waals surface area contributed by atoms with Crippen LogP contribution in [-0.4, -0.2) is 43.8 Å². The van der Waals surface area contributed by atoms with Crippen molar-refractivity contribution in [1.29, 1.82) is 0 Å². The van der Waals surface area contributed by atoms with Crippen LogP contribution >= 0.6 is 11.6 Å². The summed E-state index contributed by atoms with van der Waals surface area (Å²) in [7, 11) is -4.17. The Morgan fingerprint density at radius 2 is 1.51 bits per heavy atom. The molecule has 10 heteroatoms. The maximum absolute atomic E-state index is 13.7. The molecule has 0 aliphatic carbocycles. The first kappa shape index (κ1) is 28.1.